The number of thiophene rings is 1. The maximum absolute atomic E-state index is 6.20. The molecule has 0 amide bonds. The lowest BCUT2D eigenvalue weighted by molar-refractivity contribution is 0.00578. The molecule has 4 heterocycles. The van der Waals surface area contributed by atoms with Gasteiger partial charge in [0.05, 0.1) is 11.2 Å². The first kappa shape index (κ1) is 14.3. The second-order valence-corrected chi connectivity index (χ2v) is 8.82. The van der Waals surface area contributed by atoms with E-state index in [-0.39, 0.29) is 18.3 Å². The quantitative estimate of drug-likeness (QED) is 0.744. The Morgan fingerprint density at radius 2 is 1.95 bits per heavy atom. The van der Waals surface area contributed by atoms with Crippen molar-refractivity contribution >= 4 is 23.2 Å². The molecule has 114 valence electrons. The molecule has 2 saturated heterocycles. The SMILES string of the molecule is CC1(C)OB(c2cc3c(s2)CN2CCC[C@H]2C3)OC1(C)C. The van der Waals surface area contributed by atoms with E-state index in [4.69, 9.17) is 9.31 Å². The molecule has 0 spiro atoms. The average Bonchev–Trinajstić information content (AvgIpc) is 3.02. The first-order valence-electron chi connectivity index (χ1n) is 8.07. The van der Waals surface area contributed by atoms with Gasteiger partial charge in [-0.3, -0.25) is 4.90 Å². The molecule has 4 rings (SSSR count). The molecule has 1 aromatic rings. The molecule has 0 aliphatic carbocycles. The van der Waals surface area contributed by atoms with Crippen LogP contribution in [0.5, 0.6) is 0 Å². The van der Waals surface area contributed by atoms with Gasteiger partial charge in [0.2, 0.25) is 0 Å². The van der Waals surface area contributed by atoms with Crippen LogP contribution in [-0.4, -0.2) is 35.8 Å². The highest BCUT2D eigenvalue weighted by atomic mass is 32.1. The molecule has 3 aliphatic heterocycles. The van der Waals surface area contributed by atoms with Gasteiger partial charge in [0, 0.05) is 22.2 Å². The fourth-order valence-corrected chi connectivity index (χ4v) is 4.83. The fraction of sp³-hybridized carbons (Fsp3) is 0.750. The Hall–Kier alpha value is -0.355. The summed E-state index contributed by atoms with van der Waals surface area (Å²) in [4.78, 5) is 4.17. The summed E-state index contributed by atoms with van der Waals surface area (Å²) in [5.74, 6) is 0. The summed E-state index contributed by atoms with van der Waals surface area (Å²) in [6, 6.07) is 3.12. The second kappa shape index (κ2) is 4.57. The van der Waals surface area contributed by atoms with Crippen LogP contribution in [0.2, 0.25) is 0 Å². The van der Waals surface area contributed by atoms with E-state index in [9.17, 15) is 0 Å². The third kappa shape index (κ3) is 2.21. The predicted molar refractivity (Wildman–Crippen MR) is 87.2 cm³/mol. The molecule has 2 fully saturated rings. The largest absolute Gasteiger partial charge is 0.505 e. The molecule has 1 aromatic heterocycles. The Balaban J connectivity index is 1.59. The minimum atomic E-state index is -0.248. The minimum absolute atomic E-state index is 0.194. The van der Waals surface area contributed by atoms with Gasteiger partial charge >= 0.3 is 7.12 Å². The van der Waals surface area contributed by atoms with Crippen LogP contribution in [0.15, 0.2) is 6.07 Å². The number of hydrogen-bond acceptors (Lipinski definition) is 4. The zero-order valence-electron chi connectivity index (χ0n) is 13.4. The van der Waals surface area contributed by atoms with Crippen LogP contribution in [-0.2, 0) is 22.3 Å². The van der Waals surface area contributed by atoms with Gasteiger partial charge < -0.3 is 9.31 Å². The van der Waals surface area contributed by atoms with E-state index in [1.165, 1.54) is 41.0 Å². The Kier molecular flexibility index (Phi) is 3.10. The van der Waals surface area contributed by atoms with Crippen molar-refractivity contribution in [1.82, 2.24) is 4.90 Å². The summed E-state index contributed by atoms with van der Waals surface area (Å²) in [5, 5.41) is 0. The molecule has 5 heteroatoms. The number of hydrogen-bond donors (Lipinski definition) is 0. The molecule has 0 unspecified atom stereocenters. The second-order valence-electron chi connectivity index (χ2n) is 7.66. The van der Waals surface area contributed by atoms with Gasteiger partial charge in [-0.25, -0.2) is 0 Å². The monoisotopic (exact) mass is 305 g/mol. The molecule has 1 atom stereocenters. The van der Waals surface area contributed by atoms with E-state index in [0.717, 1.165) is 12.6 Å². The first-order chi connectivity index (χ1) is 9.86. The van der Waals surface area contributed by atoms with Crippen LogP contribution in [0.25, 0.3) is 0 Å². The van der Waals surface area contributed by atoms with Crippen molar-refractivity contribution in [2.45, 2.75) is 70.7 Å². The summed E-state index contributed by atoms with van der Waals surface area (Å²) in [7, 11) is -0.194. The van der Waals surface area contributed by atoms with Crippen molar-refractivity contribution in [3.05, 3.63) is 16.5 Å². The Morgan fingerprint density at radius 3 is 2.67 bits per heavy atom. The zero-order chi connectivity index (χ0) is 14.8. The van der Waals surface area contributed by atoms with Gasteiger partial charge in [0.15, 0.2) is 0 Å². The first-order valence-corrected chi connectivity index (χ1v) is 8.88. The Morgan fingerprint density at radius 1 is 1.24 bits per heavy atom. The molecule has 0 radical (unpaired) electrons. The van der Waals surface area contributed by atoms with Crippen molar-refractivity contribution in [2.24, 2.45) is 0 Å². The smallest absolute Gasteiger partial charge is 0.399 e. The van der Waals surface area contributed by atoms with Crippen molar-refractivity contribution < 1.29 is 9.31 Å². The molecule has 3 nitrogen and oxygen atoms in total. The summed E-state index contributed by atoms with van der Waals surface area (Å²) in [5.41, 5.74) is 1.04. The van der Waals surface area contributed by atoms with E-state index >= 15 is 0 Å². The van der Waals surface area contributed by atoms with Crippen molar-refractivity contribution in [3.8, 4) is 0 Å². The highest BCUT2D eigenvalue weighted by molar-refractivity contribution is 7.22. The summed E-state index contributed by atoms with van der Waals surface area (Å²) in [6.45, 7) is 10.9. The van der Waals surface area contributed by atoms with Gasteiger partial charge in [-0.1, -0.05) is 0 Å². The van der Waals surface area contributed by atoms with Crippen molar-refractivity contribution in [3.63, 3.8) is 0 Å². The van der Waals surface area contributed by atoms with E-state index in [1.54, 1.807) is 0 Å². The summed E-state index contributed by atoms with van der Waals surface area (Å²) < 4.78 is 13.6. The van der Waals surface area contributed by atoms with Crippen LogP contribution >= 0.6 is 11.3 Å². The van der Waals surface area contributed by atoms with E-state index in [0.29, 0.717) is 0 Å². The standard InChI is InChI=1S/C16H24BNO2S/c1-15(2)16(3,4)20-17(19-15)14-9-11-8-12-6-5-7-18(12)10-13(11)21-14/h9,12H,5-8,10H2,1-4H3/t12-/m0/s1. The van der Waals surface area contributed by atoms with Crippen molar-refractivity contribution in [2.75, 3.05) is 6.54 Å². The lowest BCUT2D eigenvalue weighted by atomic mass is 9.86. The van der Waals surface area contributed by atoms with Crippen LogP contribution in [0.1, 0.15) is 51.0 Å². The van der Waals surface area contributed by atoms with Crippen LogP contribution in [0, 0.1) is 0 Å². The third-order valence-corrected chi connectivity index (χ3v) is 6.89. The molecule has 0 N–H and O–H groups in total. The van der Waals surface area contributed by atoms with Gasteiger partial charge in [-0.05, 0) is 65.1 Å². The van der Waals surface area contributed by atoms with Crippen LogP contribution in [0.3, 0.4) is 0 Å². The highest BCUT2D eigenvalue weighted by Gasteiger charge is 2.52. The van der Waals surface area contributed by atoms with Crippen LogP contribution < -0.4 is 4.78 Å². The maximum Gasteiger partial charge on any atom is 0.505 e. The molecular formula is C16H24BNO2S. The van der Waals surface area contributed by atoms with Crippen molar-refractivity contribution in [1.29, 1.82) is 0 Å². The molecule has 3 aliphatic rings. The molecule has 0 saturated carbocycles. The normalized spacial score (nSPS) is 30.5. The Bertz CT molecular complexity index is 523. The zero-order valence-corrected chi connectivity index (χ0v) is 14.3. The topological polar surface area (TPSA) is 21.7 Å². The number of rotatable bonds is 1. The van der Waals surface area contributed by atoms with Gasteiger partial charge in [0.1, 0.15) is 0 Å². The predicted octanol–water partition coefficient (Wildman–Crippen LogP) is 2.57. The third-order valence-electron chi connectivity index (χ3n) is 5.70. The molecule has 21 heavy (non-hydrogen) atoms. The maximum atomic E-state index is 6.20. The Labute approximate surface area is 131 Å². The van der Waals surface area contributed by atoms with Gasteiger partial charge in [-0.2, -0.15) is 0 Å². The molecular weight excluding hydrogens is 281 g/mol. The van der Waals surface area contributed by atoms with E-state index < -0.39 is 0 Å². The molecule has 0 aromatic carbocycles. The minimum Gasteiger partial charge on any atom is -0.399 e. The molecule has 0 bridgehead atoms. The highest BCUT2D eigenvalue weighted by Crippen LogP contribution is 2.38. The lowest BCUT2D eigenvalue weighted by Crippen LogP contribution is -2.41. The average molecular weight is 305 g/mol. The van der Waals surface area contributed by atoms with E-state index in [2.05, 4.69) is 38.7 Å². The van der Waals surface area contributed by atoms with Gasteiger partial charge in [0.25, 0.3) is 0 Å². The van der Waals surface area contributed by atoms with E-state index in [1.807, 2.05) is 11.3 Å². The number of nitrogens with zero attached hydrogens (tertiary/aromatic N) is 1. The van der Waals surface area contributed by atoms with Gasteiger partial charge in [-0.15, -0.1) is 11.3 Å². The summed E-state index contributed by atoms with van der Waals surface area (Å²) >= 11 is 1.89. The van der Waals surface area contributed by atoms with Crippen LogP contribution in [0.4, 0.5) is 0 Å². The lowest BCUT2D eigenvalue weighted by Gasteiger charge is -2.32. The number of fused-ring (bicyclic) bond motifs is 2. The summed E-state index contributed by atoms with van der Waals surface area (Å²) in [6.07, 6.45) is 3.94. The fourth-order valence-electron chi connectivity index (χ4n) is 3.64.